The summed E-state index contributed by atoms with van der Waals surface area (Å²) in [4.78, 5) is 3.85. The van der Waals surface area contributed by atoms with Crippen LogP contribution in [0.2, 0.25) is 0 Å². The van der Waals surface area contributed by atoms with Gasteiger partial charge in [0.2, 0.25) is 0 Å². The first-order valence-corrected chi connectivity index (χ1v) is 12.0. The van der Waals surface area contributed by atoms with Crippen molar-refractivity contribution in [1.82, 2.24) is 10.3 Å². The normalized spacial score (nSPS) is 12.9. The number of allylic oxidation sites excluding steroid dienone is 2. The molecule has 0 saturated heterocycles. The fraction of sp³-hybridized carbons (Fsp3) is 0.0606. The second kappa shape index (κ2) is 9.08. The quantitative estimate of drug-likeness (QED) is 0.269. The van der Waals surface area contributed by atoms with Crippen molar-refractivity contribution in [2.45, 2.75) is 6.92 Å². The monoisotopic (exact) mass is 450 g/mol. The molecule has 2 heterocycles. The highest BCUT2D eigenvalue weighted by molar-refractivity contribution is 6.25. The number of aromatic nitrogens is 1. The Morgan fingerprint density at radius 2 is 1.40 bits per heavy atom. The van der Waals surface area contributed by atoms with Crippen LogP contribution in [0.25, 0.3) is 49.0 Å². The van der Waals surface area contributed by atoms with E-state index in [9.17, 15) is 0 Å². The number of aryl methyl sites for hydroxylation is 1. The van der Waals surface area contributed by atoms with E-state index in [1.54, 1.807) is 12.4 Å². The van der Waals surface area contributed by atoms with Gasteiger partial charge in [0, 0.05) is 18.9 Å². The zero-order chi connectivity index (χ0) is 23.6. The Bertz CT molecular complexity index is 1660. The molecular weight excluding hydrogens is 424 g/mol. The van der Waals surface area contributed by atoms with E-state index >= 15 is 0 Å². The van der Waals surface area contributed by atoms with Gasteiger partial charge in [0.15, 0.2) is 0 Å². The van der Waals surface area contributed by atoms with Crippen LogP contribution in [0.3, 0.4) is 0 Å². The van der Waals surface area contributed by atoms with Gasteiger partial charge in [0.05, 0.1) is 0 Å². The number of rotatable bonds is 2. The maximum atomic E-state index is 3.85. The lowest BCUT2D eigenvalue weighted by Gasteiger charge is -2.17. The molecule has 168 valence electrons. The van der Waals surface area contributed by atoms with Crippen molar-refractivity contribution in [2.75, 3.05) is 6.54 Å². The van der Waals surface area contributed by atoms with E-state index in [-0.39, 0.29) is 0 Å². The van der Waals surface area contributed by atoms with Crippen molar-refractivity contribution in [3.05, 3.63) is 133 Å². The van der Waals surface area contributed by atoms with Crippen molar-refractivity contribution in [3.63, 3.8) is 0 Å². The molecule has 0 fully saturated rings. The Kier molecular flexibility index (Phi) is 5.48. The van der Waals surface area contributed by atoms with Crippen LogP contribution in [-0.2, 0) is 0 Å². The molecule has 2 nitrogen and oxygen atoms in total. The maximum absolute atomic E-state index is 3.85. The van der Waals surface area contributed by atoms with E-state index in [0.717, 1.165) is 6.54 Å². The predicted octanol–water partition coefficient (Wildman–Crippen LogP) is 8.14. The molecule has 35 heavy (non-hydrogen) atoms. The first-order chi connectivity index (χ1) is 17.3. The number of nitrogens with zero attached hydrogens (tertiary/aromatic N) is 1. The minimum Gasteiger partial charge on any atom is -0.387 e. The maximum Gasteiger partial charge on any atom is 0.0334 e. The van der Waals surface area contributed by atoms with E-state index in [4.69, 9.17) is 0 Å². The Balaban J connectivity index is 0.000000284. The van der Waals surface area contributed by atoms with Crippen LogP contribution in [0, 0.1) is 6.92 Å². The summed E-state index contributed by atoms with van der Waals surface area (Å²) in [5.74, 6) is 0. The molecule has 0 aliphatic carbocycles. The Hall–Kier alpha value is -4.43. The average molecular weight is 451 g/mol. The van der Waals surface area contributed by atoms with Crippen LogP contribution in [0.1, 0.15) is 11.1 Å². The first-order valence-electron chi connectivity index (χ1n) is 12.0. The third kappa shape index (κ3) is 4.04. The van der Waals surface area contributed by atoms with Crippen LogP contribution < -0.4 is 5.32 Å². The zero-order valence-corrected chi connectivity index (χ0v) is 19.7. The summed E-state index contributed by atoms with van der Waals surface area (Å²) in [5, 5.41) is 11.2. The molecule has 0 radical (unpaired) electrons. The van der Waals surface area contributed by atoms with Crippen molar-refractivity contribution in [1.29, 1.82) is 0 Å². The lowest BCUT2D eigenvalue weighted by molar-refractivity contribution is 0.976. The number of pyridine rings is 1. The lowest BCUT2D eigenvalue weighted by atomic mass is 9.88. The second-order valence-corrected chi connectivity index (χ2v) is 8.98. The summed E-state index contributed by atoms with van der Waals surface area (Å²) in [6, 6.07) is 32.9. The molecule has 1 aliphatic heterocycles. The standard InChI is InChI=1S/C27H19N.C6H7N/c1-2-4-18(5-3-1)23-16-21-7-6-20-8-10-24(19-12-14-28-15-13-19)25-11-9-22(17-23)26(21)27(20)25;1-6-2-4-7-5-3-6/h1-14,16-17,28H,15H2;2-5H,1H3. The van der Waals surface area contributed by atoms with Crippen LogP contribution in [-0.4, -0.2) is 11.5 Å². The van der Waals surface area contributed by atoms with Gasteiger partial charge in [-0.1, -0.05) is 72.8 Å². The summed E-state index contributed by atoms with van der Waals surface area (Å²) < 4.78 is 0. The average Bonchev–Trinajstić information content (AvgIpc) is 2.93. The molecule has 1 N–H and O–H groups in total. The Morgan fingerprint density at radius 3 is 2.09 bits per heavy atom. The van der Waals surface area contributed by atoms with E-state index in [2.05, 4.69) is 101 Å². The van der Waals surface area contributed by atoms with Crippen LogP contribution in [0.4, 0.5) is 0 Å². The molecule has 0 saturated carbocycles. The number of benzene rings is 5. The summed E-state index contributed by atoms with van der Waals surface area (Å²) in [6.45, 7) is 2.93. The SMILES string of the molecule is C1=CC(c2ccc3ccc4cc(-c5ccccc5)cc5ccc2c3c45)=CCN1.Cc1ccncc1. The zero-order valence-electron chi connectivity index (χ0n) is 19.7. The second-order valence-electron chi connectivity index (χ2n) is 8.98. The molecule has 0 bridgehead atoms. The van der Waals surface area contributed by atoms with Crippen LogP contribution in [0.5, 0.6) is 0 Å². The number of hydrogen-bond acceptors (Lipinski definition) is 2. The van der Waals surface area contributed by atoms with Gasteiger partial charge in [-0.25, -0.2) is 0 Å². The molecule has 5 aromatic carbocycles. The molecule has 0 unspecified atom stereocenters. The van der Waals surface area contributed by atoms with E-state index in [1.165, 1.54) is 60.1 Å². The van der Waals surface area contributed by atoms with Gasteiger partial charge in [0.25, 0.3) is 0 Å². The van der Waals surface area contributed by atoms with Gasteiger partial charge < -0.3 is 5.32 Å². The van der Waals surface area contributed by atoms with Gasteiger partial charge in [-0.3, -0.25) is 4.98 Å². The summed E-state index contributed by atoms with van der Waals surface area (Å²) in [5.41, 5.74) is 6.40. The molecule has 1 aliphatic rings. The predicted molar refractivity (Wildman–Crippen MR) is 150 cm³/mol. The highest BCUT2D eigenvalue weighted by atomic mass is 14.8. The molecule has 1 aromatic heterocycles. The number of hydrogen-bond donors (Lipinski definition) is 1. The van der Waals surface area contributed by atoms with Crippen molar-refractivity contribution < 1.29 is 0 Å². The van der Waals surface area contributed by atoms with Crippen molar-refractivity contribution in [2.24, 2.45) is 0 Å². The lowest BCUT2D eigenvalue weighted by Crippen LogP contribution is -2.08. The fourth-order valence-electron chi connectivity index (χ4n) is 4.95. The summed E-state index contributed by atoms with van der Waals surface area (Å²) >= 11 is 0. The molecule has 0 amide bonds. The number of dihydropyridines is 1. The van der Waals surface area contributed by atoms with Crippen molar-refractivity contribution in [3.8, 4) is 11.1 Å². The van der Waals surface area contributed by atoms with Crippen LogP contribution >= 0.6 is 0 Å². The van der Waals surface area contributed by atoms with Gasteiger partial charge in [-0.2, -0.15) is 0 Å². The molecule has 7 rings (SSSR count). The molecular formula is C33H26N2. The Morgan fingerprint density at radius 1 is 0.686 bits per heavy atom. The van der Waals surface area contributed by atoms with Crippen LogP contribution in [0.15, 0.2) is 122 Å². The Labute approximate surface area is 205 Å². The highest BCUT2D eigenvalue weighted by Crippen LogP contribution is 2.40. The largest absolute Gasteiger partial charge is 0.387 e. The molecule has 0 atom stereocenters. The molecule has 6 aromatic rings. The fourth-order valence-corrected chi connectivity index (χ4v) is 4.95. The minimum atomic E-state index is 0.883. The van der Waals surface area contributed by atoms with Crippen molar-refractivity contribution >= 4 is 37.9 Å². The third-order valence-electron chi connectivity index (χ3n) is 6.68. The number of nitrogens with one attached hydrogen (secondary N) is 1. The molecule has 2 heteroatoms. The van der Waals surface area contributed by atoms with Gasteiger partial charge in [0.1, 0.15) is 0 Å². The summed E-state index contributed by atoms with van der Waals surface area (Å²) in [7, 11) is 0. The van der Waals surface area contributed by atoms with Gasteiger partial charge in [-0.05, 0) is 104 Å². The van der Waals surface area contributed by atoms with E-state index < -0.39 is 0 Å². The van der Waals surface area contributed by atoms with Gasteiger partial charge >= 0.3 is 0 Å². The van der Waals surface area contributed by atoms with Gasteiger partial charge in [-0.15, -0.1) is 0 Å². The van der Waals surface area contributed by atoms with E-state index in [1.807, 2.05) is 25.3 Å². The minimum absolute atomic E-state index is 0.883. The topological polar surface area (TPSA) is 24.9 Å². The third-order valence-corrected chi connectivity index (χ3v) is 6.68. The first kappa shape index (κ1) is 21.1. The highest BCUT2D eigenvalue weighted by Gasteiger charge is 2.14. The smallest absolute Gasteiger partial charge is 0.0334 e. The summed E-state index contributed by atoms with van der Waals surface area (Å²) in [6.07, 6.45) is 10.0. The van der Waals surface area contributed by atoms with E-state index in [0.29, 0.717) is 0 Å². The molecule has 0 spiro atoms.